The highest BCUT2D eigenvalue weighted by Crippen LogP contribution is 2.39. The zero-order valence-corrected chi connectivity index (χ0v) is 13.8. The summed E-state index contributed by atoms with van der Waals surface area (Å²) in [5.41, 5.74) is 1.16. The Balaban J connectivity index is 2.18. The maximum Gasteiger partial charge on any atom is 0.582 e. The SMILES string of the molecule is COC[C@H]1O[C@@H](n2cnc(C(C)=O)c2C)CC1O[P+](=O)S. The summed E-state index contributed by atoms with van der Waals surface area (Å²) >= 11 is 3.78. The molecule has 2 unspecified atom stereocenters. The lowest BCUT2D eigenvalue weighted by molar-refractivity contribution is -0.0489. The van der Waals surface area contributed by atoms with Crippen LogP contribution in [-0.4, -0.2) is 41.3 Å². The molecule has 1 aromatic heterocycles. The molecule has 116 valence electrons. The second-order valence-corrected chi connectivity index (χ2v) is 6.51. The molecule has 1 aromatic rings. The fourth-order valence-electron chi connectivity index (χ4n) is 2.47. The molecule has 0 aromatic carbocycles. The fourth-order valence-corrected chi connectivity index (χ4v) is 3.29. The summed E-state index contributed by atoms with van der Waals surface area (Å²) in [5.74, 6) is -0.0936. The van der Waals surface area contributed by atoms with Crippen LogP contribution in [0, 0.1) is 6.92 Å². The standard InChI is InChI=1S/C12H17N2O5PS/c1-7-12(8(2)15)13-6-14(7)11-4-9(19-20(16)21)10(18-11)5-17-3/h6,9-11H,4-5H2,1-3H3/p+1/t9?,10-,11-/m1/s1. The topological polar surface area (TPSA) is 79.7 Å². The van der Waals surface area contributed by atoms with Crippen LogP contribution in [0.4, 0.5) is 0 Å². The molecule has 9 heteroatoms. The van der Waals surface area contributed by atoms with Crippen LogP contribution in [0.15, 0.2) is 6.33 Å². The Morgan fingerprint density at radius 2 is 2.38 bits per heavy atom. The number of aromatic nitrogens is 2. The molecule has 1 saturated heterocycles. The van der Waals surface area contributed by atoms with E-state index in [2.05, 4.69) is 17.2 Å². The Bertz CT molecular complexity index is 550. The Labute approximate surface area is 129 Å². The normalized spacial score (nSPS) is 26.1. The van der Waals surface area contributed by atoms with Gasteiger partial charge >= 0.3 is 7.23 Å². The van der Waals surface area contributed by atoms with Gasteiger partial charge in [0.15, 0.2) is 5.78 Å². The maximum absolute atomic E-state index is 11.5. The van der Waals surface area contributed by atoms with Gasteiger partial charge < -0.3 is 14.0 Å². The van der Waals surface area contributed by atoms with E-state index < -0.39 is 7.23 Å². The summed E-state index contributed by atoms with van der Waals surface area (Å²) < 4.78 is 29.2. The predicted molar refractivity (Wildman–Crippen MR) is 78.8 cm³/mol. The molecule has 0 spiro atoms. The molecule has 21 heavy (non-hydrogen) atoms. The highest BCUT2D eigenvalue weighted by atomic mass is 32.7. The van der Waals surface area contributed by atoms with Crippen molar-refractivity contribution in [3.8, 4) is 0 Å². The minimum Gasteiger partial charge on any atom is -0.382 e. The van der Waals surface area contributed by atoms with Crippen LogP contribution in [0.2, 0.25) is 0 Å². The molecule has 2 rings (SSSR count). The van der Waals surface area contributed by atoms with Gasteiger partial charge in [-0.25, -0.2) is 4.98 Å². The third kappa shape index (κ3) is 3.70. The van der Waals surface area contributed by atoms with Crippen molar-refractivity contribution in [1.29, 1.82) is 0 Å². The first-order chi connectivity index (χ1) is 9.93. The number of ether oxygens (including phenoxy) is 2. The van der Waals surface area contributed by atoms with Gasteiger partial charge in [0.05, 0.1) is 12.9 Å². The van der Waals surface area contributed by atoms with Crippen LogP contribution in [0.5, 0.6) is 0 Å². The highest BCUT2D eigenvalue weighted by Gasteiger charge is 2.42. The van der Waals surface area contributed by atoms with Crippen molar-refractivity contribution in [2.75, 3.05) is 13.7 Å². The van der Waals surface area contributed by atoms with E-state index in [9.17, 15) is 9.36 Å². The van der Waals surface area contributed by atoms with Crippen molar-refractivity contribution in [3.05, 3.63) is 17.7 Å². The van der Waals surface area contributed by atoms with E-state index in [0.717, 1.165) is 5.69 Å². The molecule has 1 aliphatic rings. The molecule has 1 fully saturated rings. The predicted octanol–water partition coefficient (Wildman–Crippen LogP) is 2.30. The van der Waals surface area contributed by atoms with Crippen molar-refractivity contribution in [3.63, 3.8) is 0 Å². The molecular formula is C12H18N2O5PS+. The third-order valence-electron chi connectivity index (χ3n) is 3.42. The Morgan fingerprint density at radius 3 is 2.90 bits per heavy atom. The maximum atomic E-state index is 11.5. The summed E-state index contributed by atoms with van der Waals surface area (Å²) in [6.07, 6.45) is 1.01. The number of hydrogen-bond donors (Lipinski definition) is 1. The summed E-state index contributed by atoms with van der Waals surface area (Å²) in [4.78, 5) is 15.6. The summed E-state index contributed by atoms with van der Waals surface area (Å²) in [6.45, 7) is 3.61. The number of Topliss-reactive ketones (excluding diaryl/α,β-unsaturated/α-hetero) is 1. The monoisotopic (exact) mass is 333 g/mol. The molecular weight excluding hydrogens is 315 g/mol. The first-order valence-electron chi connectivity index (χ1n) is 6.45. The van der Waals surface area contributed by atoms with E-state index in [0.29, 0.717) is 18.7 Å². The van der Waals surface area contributed by atoms with Crippen LogP contribution < -0.4 is 0 Å². The van der Waals surface area contributed by atoms with Crippen molar-refractivity contribution in [2.45, 2.75) is 38.7 Å². The van der Waals surface area contributed by atoms with Crippen LogP contribution >= 0.6 is 19.5 Å². The number of hydrogen-bond acceptors (Lipinski definition) is 6. The fraction of sp³-hybridized carbons (Fsp3) is 0.667. The minimum absolute atomic E-state index is 0.0936. The molecule has 0 aliphatic carbocycles. The van der Waals surface area contributed by atoms with Gasteiger partial charge in [0, 0.05) is 26.1 Å². The van der Waals surface area contributed by atoms with Crippen LogP contribution in [0.1, 0.15) is 35.8 Å². The average Bonchev–Trinajstić information content (AvgIpc) is 2.93. The molecule has 4 atom stereocenters. The van der Waals surface area contributed by atoms with Gasteiger partial charge in [-0.05, 0) is 11.5 Å². The van der Waals surface area contributed by atoms with E-state index >= 15 is 0 Å². The second-order valence-electron chi connectivity index (χ2n) is 4.84. The Hall–Kier alpha value is -0.790. The van der Waals surface area contributed by atoms with Gasteiger partial charge in [-0.3, -0.25) is 4.79 Å². The number of thiol groups is 1. The van der Waals surface area contributed by atoms with E-state index in [1.54, 1.807) is 18.0 Å². The van der Waals surface area contributed by atoms with Crippen molar-refractivity contribution >= 4 is 25.3 Å². The van der Waals surface area contributed by atoms with Crippen LogP contribution in [0.25, 0.3) is 0 Å². The first-order valence-corrected chi connectivity index (χ1v) is 8.78. The summed E-state index contributed by atoms with van der Waals surface area (Å²) in [5, 5.41) is 0. The van der Waals surface area contributed by atoms with Gasteiger partial charge in [-0.2, -0.15) is 0 Å². The van der Waals surface area contributed by atoms with Crippen molar-refractivity contribution in [2.24, 2.45) is 0 Å². The van der Waals surface area contributed by atoms with Gasteiger partial charge in [0.1, 0.15) is 36.4 Å². The van der Waals surface area contributed by atoms with Crippen LogP contribution in [-0.2, 0) is 18.6 Å². The Kier molecular flexibility index (Phi) is 5.51. The quantitative estimate of drug-likeness (QED) is 0.489. The van der Waals surface area contributed by atoms with E-state index in [-0.39, 0.29) is 24.2 Å². The first kappa shape index (κ1) is 16.6. The zero-order chi connectivity index (χ0) is 15.6. The van der Waals surface area contributed by atoms with Gasteiger partial charge in [-0.15, -0.1) is 4.52 Å². The zero-order valence-electron chi connectivity index (χ0n) is 12.1. The number of carbonyl (C=O) groups is 1. The Morgan fingerprint density at radius 1 is 1.67 bits per heavy atom. The van der Waals surface area contributed by atoms with E-state index in [1.165, 1.54) is 6.92 Å². The minimum atomic E-state index is -2.02. The molecule has 0 saturated carbocycles. The average molecular weight is 333 g/mol. The molecule has 2 heterocycles. The van der Waals surface area contributed by atoms with E-state index in [4.69, 9.17) is 14.0 Å². The number of rotatable bonds is 6. The molecule has 7 nitrogen and oxygen atoms in total. The molecule has 0 radical (unpaired) electrons. The smallest absolute Gasteiger partial charge is 0.382 e. The number of methoxy groups -OCH3 is 1. The number of carbonyl (C=O) groups excluding carboxylic acids is 1. The molecule has 0 N–H and O–H groups in total. The lowest BCUT2D eigenvalue weighted by Gasteiger charge is -2.15. The second kappa shape index (κ2) is 6.98. The van der Waals surface area contributed by atoms with Crippen molar-refractivity contribution in [1.82, 2.24) is 9.55 Å². The highest BCUT2D eigenvalue weighted by molar-refractivity contribution is 8.39. The van der Waals surface area contributed by atoms with Crippen molar-refractivity contribution < 1.29 is 23.4 Å². The van der Waals surface area contributed by atoms with Crippen LogP contribution in [0.3, 0.4) is 0 Å². The number of imidazole rings is 1. The molecule has 0 bridgehead atoms. The third-order valence-corrected chi connectivity index (χ3v) is 4.16. The number of ketones is 1. The lowest BCUT2D eigenvalue weighted by Crippen LogP contribution is -2.26. The number of nitrogens with zero attached hydrogens (tertiary/aromatic N) is 2. The van der Waals surface area contributed by atoms with E-state index in [1.807, 2.05) is 6.92 Å². The molecule has 1 aliphatic heterocycles. The summed E-state index contributed by atoms with van der Waals surface area (Å²) in [6, 6.07) is 0. The van der Waals surface area contributed by atoms with Gasteiger partial charge in [0.2, 0.25) is 0 Å². The van der Waals surface area contributed by atoms with Gasteiger partial charge in [0.25, 0.3) is 0 Å². The molecule has 0 amide bonds. The summed E-state index contributed by atoms with van der Waals surface area (Å²) in [7, 11) is -0.459. The van der Waals surface area contributed by atoms with Gasteiger partial charge in [-0.1, -0.05) is 0 Å². The lowest BCUT2D eigenvalue weighted by atomic mass is 10.2. The largest absolute Gasteiger partial charge is 0.582 e.